The summed E-state index contributed by atoms with van der Waals surface area (Å²) in [4.78, 5) is 24.6. The molecule has 6 nitrogen and oxygen atoms in total. The summed E-state index contributed by atoms with van der Waals surface area (Å²) in [7, 11) is 1.55. The molecule has 31 heavy (non-hydrogen) atoms. The van der Waals surface area contributed by atoms with Gasteiger partial charge in [0.15, 0.2) is 17.6 Å². The van der Waals surface area contributed by atoms with Crippen LogP contribution in [0.15, 0.2) is 78.9 Å². The topological polar surface area (TPSA) is 76.7 Å². The first kappa shape index (κ1) is 21.9. The number of amides is 2. The third-order valence-electron chi connectivity index (χ3n) is 4.66. The number of hydrogen-bond donors (Lipinski definition) is 2. The summed E-state index contributed by atoms with van der Waals surface area (Å²) in [6.07, 6.45) is 0.374. The van der Waals surface area contributed by atoms with E-state index in [1.54, 1.807) is 50.4 Å². The molecular formula is C25H26N2O4. The lowest BCUT2D eigenvalue weighted by Crippen LogP contribution is -2.30. The zero-order valence-corrected chi connectivity index (χ0v) is 17.6. The largest absolute Gasteiger partial charge is 0.493 e. The van der Waals surface area contributed by atoms with Gasteiger partial charge in [0, 0.05) is 17.8 Å². The van der Waals surface area contributed by atoms with Crippen LogP contribution in [0, 0.1) is 0 Å². The van der Waals surface area contributed by atoms with Crippen molar-refractivity contribution in [1.29, 1.82) is 0 Å². The zero-order chi connectivity index (χ0) is 22.1. The highest BCUT2D eigenvalue weighted by Gasteiger charge is 2.17. The molecule has 0 aromatic heterocycles. The van der Waals surface area contributed by atoms with Gasteiger partial charge in [-0.05, 0) is 55.3 Å². The lowest BCUT2D eigenvalue weighted by molar-refractivity contribution is -0.122. The van der Waals surface area contributed by atoms with E-state index in [4.69, 9.17) is 9.47 Å². The summed E-state index contributed by atoms with van der Waals surface area (Å²) < 4.78 is 11.0. The Bertz CT molecular complexity index is 1000. The van der Waals surface area contributed by atoms with E-state index < -0.39 is 6.10 Å². The van der Waals surface area contributed by atoms with Gasteiger partial charge in [0.05, 0.1) is 7.11 Å². The van der Waals surface area contributed by atoms with Crippen LogP contribution in [-0.2, 0) is 16.0 Å². The molecule has 6 heteroatoms. The van der Waals surface area contributed by atoms with Gasteiger partial charge in [-0.3, -0.25) is 9.59 Å². The second-order valence-electron chi connectivity index (χ2n) is 7.01. The fraction of sp³-hybridized carbons (Fsp3) is 0.200. The molecule has 3 aromatic rings. The maximum atomic E-state index is 12.5. The predicted octanol–water partition coefficient (Wildman–Crippen LogP) is 4.67. The second kappa shape index (κ2) is 10.8. The van der Waals surface area contributed by atoms with Gasteiger partial charge in [-0.2, -0.15) is 0 Å². The Hall–Kier alpha value is -3.80. The summed E-state index contributed by atoms with van der Waals surface area (Å²) in [5.74, 6) is 0.723. The van der Waals surface area contributed by atoms with Crippen LogP contribution in [0.3, 0.4) is 0 Å². The first-order valence-electron chi connectivity index (χ1n) is 10.1. The molecule has 0 fully saturated rings. The number of carbonyl (C=O) groups is 2. The Labute approximate surface area is 182 Å². The van der Waals surface area contributed by atoms with Crippen LogP contribution < -0.4 is 20.1 Å². The molecule has 0 aliphatic rings. The van der Waals surface area contributed by atoms with Gasteiger partial charge in [-0.25, -0.2) is 0 Å². The average molecular weight is 418 g/mol. The number of aryl methyl sites for hydroxylation is 1. The normalized spacial score (nSPS) is 11.3. The minimum atomic E-state index is -0.714. The van der Waals surface area contributed by atoms with E-state index in [1.807, 2.05) is 42.5 Å². The molecule has 0 radical (unpaired) electrons. The van der Waals surface area contributed by atoms with Gasteiger partial charge in [0.1, 0.15) is 0 Å². The van der Waals surface area contributed by atoms with Crippen LogP contribution in [-0.4, -0.2) is 25.0 Å². The van der Waals surface area contributed by atoms with E-state index in [2.05, 4.69) is 10.6 Å². The first-order chi connectivity index (χ1) is 15.0. The van der Waals surface area contributed by atoms with Gasteiger partial charge in [-0.1, -0.05) is 42.5 Å². The minimum absolute atomic E-state index is 0.0560. The molecule has 2 amide bonds. The molecule has 2 N–H and O–H groups in total. The summed E-state index contributed by atoms with van der Waals surface area (Å²) >= 11 is 0. The molecule has 0 saturated heterocycles. The smallest absolute Gasteiger partial charge is 0.265 e. The lowest BCUT2D eigenvalue weighted by Gasteiger charge is -2.16. The molecule has 0 aliphatic carbocycles. The lowest BCUT2D eigenvalue weighted by atomic mass is 10.1. The quantitative estimate of drug-likeness (QED) is 0.529. The highest BCUT2D eigenvalue weighted by Crippen LogP contribution is 2.27. The van der Waals surface area contributed by atoms with Crippen LogP contribution in [0.1, 0.15) is 18.9 Å². The molecule has 3 aromatic carbocycles. The van der Waals surface area contributed by atoms with Crippen molar-refractivity contribution in [2.45, 2.75) is 25.9 Å². The Kier molecular flexibility index (Phi) is 7.65. The van der Waals surface area contributed by atoms with Gasteiger partial charge in [0.2, 0.25) is 5.91 Å². The standard InChI is InChI=1S/C25H26N2O4/c1-18(31-23-11-7-6-10-22(23)30-2)25(29)27-21-15-13-20(14-16-21)26-24(28)17-12-19-8-4-3-5-9-19/h3-11,13-16,18H,12,17H2,1-2H3,(H,26,28)(H,27,29)/t18-/m1/s1. The SMILES string of the molecule is COc1ccccc1O[C@H](C)C(=O)Nc1ccc(NC(=O)CCc2ccccc2)cc1. The highest BCUT2D eigenvalue weighted by atomic mass is 16.5. The van der Waals surface area contributed by atoms with Crippen molar-refractivity contribution in [2.75, 3.05) is 17.7 Å². The minimum Gasteiger partial charge on any atom is -0.493 e. The van der Waals surface area contributed by atoms with Gasteiger partial charge >= 0.3 is 0 Å². The second-order valence-corrected chi connectivity index (χ2v) is 7.01. The maximum absolute atomic E-state index is 12.5. The van der Waals surface area contributed by atoms with Crippen LogP contribution >= 0.6 is 0 Å². The Morgan fingerprint density at radius 1 is 0.806 bits per heavy atom. The third-order valence-corrected chi connectivity index (χ3v) is 4.66. The van der Waals surface area contributed by atoms with Crippen LogP contribution in [0.25, 0.3) is 0 Å². The Balaban J connectivity index is 1.49. The summed E-state index contributed by atoms with van der Waals surface area (Å²) in [6.45, 7) is 1.67. The predicted molar refractivity (Wildman–Crippen MR) is 122 cm³/mol. The number of rotatable bonds is 9. The van der Waals surface area contributed by atoms with Crippen molar-refractivity contribution in [3.05, 3.63) is 84.4 Å². The summed E-state index contributed by atoms with van der Waals surface area (Å²) in [6, 6.07) is 24.0. The summed E-state index contributed by atoms with van der Waals surface area (Å²) in [5.41, 5.74) is 2.41. The summed E-state index contributed by atoms with van der Waals surface area (Å²) in [5, 5.41) is 5.68. The van der Waals surface area contributed by atoms with Crippen LogP contribution in [0.2, 0.25) is 0 Å². The maximum Gasteiger partial charge on any atom is 0.265 e. The molecule has 0 unspecified atom stereocenters. The number of hydrogen-bond acceptors (Lipinski definition) is 4. The first-order valence-corrected chi connectivity index (χ1v) is 10.1. The van der Waals surface area contributed by atoms with E-state index in [0.717, 1.165) is 5.56 Å². The van der Waals surface area contributed by atoms with E-state index in [0.29, 0.717) is 35.7 Å². The van der Waals surface area contributed by atoms with Crippen molar-refractivity contribution in [1.82, 2.24) is 0 Å². The monoisotopic (exact) mass is 418 g/mol. The van der Waals surface area contributed by atoms with Crippen molar-refractivity contribution < 1.29 is 19.1 Å². The molecule has 0 heterocycles. The Morgan fingerprint density at radius 2 is 1.39 bits per heavy atom. The van der Waals surface area contributed by atoms with E-state index in [-0.39, 0.29) is 11.8 Å². The molecule has 3 rings (SSSR count). The van der Waals surface area contributed by atoms with Crippen molar-refractivity contribution in [2.24, 2.45) is 0 Å². The number of anilines is 2. The molecule has 160 valence electrons. The molecule has 1 atom stereocenters. The molecular weight excluding hydrogens is 392 g/mol. The molecule has 0 bridgehead atoms. The molecule has 0 aliphatic heterocycles. The van der Waals surface area contributed by atoms with Crippen LogP contribution in [0.5, 0.6) is 11.5 Å². The van der Waals surface area contributed by atoms with Crippen LogP contribution in [0.4, 0.5) is 11.4 Å². The Morgan fingerprint density at radius 3 is 2.03 bits per heavy atom. The van der Waals surface area contributed by atoms with Gasteiger partial charge in [-0.15, -0.1) is 0 Å². The number of para-hydroxylation sites is 2. The van der Waals surface area contributed by atoms with Gasteiger partial charge in [0.25, 0.3) is 5.91 Å². The highest BCUT2D eigenvalue weighted by molar-refractivity contribution is 5.95. The average Bonchev–Trinajstić information content (AvgIpc) is 2.80. The number of methoxy groups -OCH3 is 1. The van der Waals surface area contributed by atoms with E-state index in [9.17, 15) is 9.59 Å². The number of ether oxygens (including phenoxy) is 2. The fourth-order valence-electron chi connectivity index (χ4n) is 2.97. The number of benzene rings is 3. The number of carbonyl (C=O) groups excluding carboxylic acids is 2. The van der Waals surface area contributed by atoms with E-state index in [1.165, 1.54) is 0 Å². The third kappa shape index (κ3) is 6.60. The van der Waals surface area contributed by atoms with Crippen molar-refractivity contribution >= 4 is 23.2 Å². The fourth-order valence-corrected chi connectivity index (χ4v) is 2.97. The molecule has 0 spiro atoms. The number of nitrogens with one attached hydrogen (secondary N) is 2. The zero-order valence-electron chi connectivity index (χ0n) is 17.6. The van der Waals surface area contributed by atoms with Gasteiger partial charge < -0.3 is 20.1 Å². The molecule has 0 saturated carbocycles. The van der Waals surface area contributed by atoms with Crippen molar-refractivity contribution in [3.8, 4) is 11.5 Å². The van der Waals surface area contributed by atoms with E-state index >= 15 is 0 Å². The van der Waals surface area contributed by atoms with Crippen molar-refractivity contribution in [3.63, 3.8) is 0 Å².